The zero-order valence-electron chi connectivity index (χ0n) is 20.2. The largest absolute Gasteiger partial charge is 0.364 e. The number of benzene rings is 1. The zero-order chi connectivity index (χ0) is 23.8. The number of aromatic nitrogens is 2. The quantitative estimate of drug-likeness (QED) is 0.391. The predicted molar refractivity (Wildman–Crippen MR) is 136 cm³/mol. The van der Waals surface area contributed by atoms with E-state index in [0.717, 1.165) is 16.9 Å². The van der Waals surface area contributed by atoms with Gasteiger partial charge in [0.2, 0.25) is 5.91 Å². The number of aryl methyl sites for hydroxylation is 1. The van der Waals surface area contributed by atoms with Gasteiger partial charge < -0.3 is 26.6 Å². The summed E-state index contributed by atoms with van der Waals surface area (Å²) in [7, 11) is 3.70. The van der Waals surface area contributed by atoms with E-state index in [1.807, 2.05) is 50.1 Å². The molecule has 1 aromatic heterocycles. The number of nitrogens with two attached hydrogens (primary N) is 1. The van der Waals surface area contributed by atoms with Gasteiger partial charge in [0.05, 0.1) is 11.7 Å². The standard InChI is InChI=1S/C23H35N7O2.ClH/c1-7-18-22(30(6)14(2)3)29-21(19(28-18)20(24)31)27-17-10-8-9-16(13-17)11-12-26-23(32)15(4)25-5;/h8-10,13-15,25H,7,11-12H2,1-6H3,(H2,24,31)(H,26,32)(H,27,29);1H/t15-;/m0./s1. The minimum Gasteiger partial charge on any atom is -0.364 e. The maximum absolute atomic E-state index is 12.1. The molecule has 0 fully saturated rings. The Balaban J connectivity index is 0.00000544. The van der Waals surface area contributed by atoms with Crippen molar-refractivity contribution in [2.24, 2.45) is 5.73 Å². The van der Waals surface area contributed by atoms with Crippen LogP contribution < -0.4 is 26.6 Å². The summed E-state index contributed by atoms with van der Waals surface area (Å²) in [6.45, 7) is 8.44. The van der Waals surface area contributed by atoms with Crippen molar-refractivity contribution in [2.75, 3.05) is 30.9 Å². The van der Waals surface area contributed by atoms with Crippen LogP contribution in [-0.2, 0) is 17.6 Å². The number of halogens is 1. The van der Waals surface area contributed by atoms with Crippen molar-refractivity contribution in [3.05, 3.63) is 41.2 Å². The Kier molecular flexibility index (Phi) is 11.0. The summed E-state index contributed by atoms with van der Waals surface area (Å²) in [4.78, 5) is 35.2. The molecule has 0 saturated carbocycles. The van der Waals surface area contributed by atoms with Crippen LogP contribution in [0.1, 0.15) is 49.4 Å². The van der Waals surface area contributed by atoms with Crippen LogP contribution in [0.5, 0.6) is 0 Å². The van der Waals surface area contributed by atoms with Crippen molar-refractivity contribution in [3.8, 4) is 0 Å². The molecule has 0 aliphatic heterocycles. The lowest BCUT2D eigenvalue weighted by atomic mass is 10.1. The molecule has 1 heterocycles. The SMILES string of the molecule is CCc1nc(C(N)=O)c(Nc2cccc(CCNC(=O)[C@H](C)NC)c2)nc1N(C)C(C)C.Cl. The highest BCUT2D eigenvalue weighted by molar-refractivity contribution is 5.96. The molecule has 9 nitrogen and oxygen atoms in total. The lowest BCUT2D eigenvalue weighted by molar-refractivity contribution is -0.122. The molecule has 2 amide bonds. The fourth-order valence-electron chi connectivity index (χ4n) is 3.04. The van der Waals surface area contributed by atoms with E-state index in [1.54, 1.807) is 7.05 Å². The normalized spacial score (nSPS) is 11.5. The minimum atomic E-state index is -0.633. The predicted octanol–water partition coefficient (Wildman–Crippen LogP) is 2.41. The maximum atomic E-state index is 12.1. The van der Waals surface area contributed by atoms with Gasteiger partial charge in [0.1, 0.15) is 0 Å². The Bertz CT molecular complexity index is 952. The van der Waals surface area contributed by atoms with E-state index in [-0.39, 0.29) is 36.1 Å². The number of primary amides is 1. The highest BCUT2D eigenvalue weighted by Gasteiger charge is 2.20. The van der Waals surface area contributed by atoms with E-state index in [0.29, 0.717) is 31.0 Å². The Morgan fingerprint density at radius 3 is 2.45 bits per heavy atom. The molecule has 0 bridgehead atoms. The summed E-state index contributed by atoms with van der Waals surface area (Å²) in [5.74, 6) is 0.366. The highest BCUT2D eigenvalue weighted by Crippen LogP contribution is 2.25. The third-order valence-corrected chi connectivity index (χ3v) is 5.35. The Morgan fingerprint density at radius 2 is 1.88 bits per heavy atom. The van der Waals surface area contributed by atoms with Gasteiger partial charge >= 0.3 is 0 Å². The van der Waals surface area contributed by atoms with Gasteiger partial charge in [-0.25, -0.2) is 9.97 Å². The van der Waals surface area contributed by atoms with Crippen LogP contribution >= 0.6 is 12.4 Å². The summed E-state index contributed by atoms with van der Waals surface area (Å²) in [5.41, 5.74) is 8.23. The van der Waals surface area contributed by atoms with Crippen LogP contribution in [0.2, 0.25) is 0 Å². The number of anilines is 3. The number of likely N-dealkylation sites (N-methyl/N-ethyl adjacent to an activating group) is 1. The number of nitrogens with one attached hydrogen (secondary N) is 3. The summed E-state index contributed by atoms with van der Waals surface area (Å²) in [5, 5.41) is 9.03. The Labute approximate surface area is 202 Å². The number of hydrogen-bond donors (Lipinski definition) is 4. The van der Waals surface area contributed by atoms with Crippen LogP contribution in [0.15, 0.2) is 24.3 Å². The molecule has 33 heavy (non-hydrogen) atoms. The van der Waals surface area contributed by atoms with E-state index in [4.69, 9.17) is 10.7 Å². The molecule has 5 N–H and O–H groups in total. The van der Waals surface area contributed by atoms with E-state index >= 15 is 0 Å². The van der Waals surface area contributed by atoms with Crippen LogP contribution in [0.3, 0.4) is 0 Å². The molecule has 0 spiro atoms. The molecule has 0 saturated heterocycles. The first-order valence-corrected chi connectivity index (χ1v) is 10.9. The second kappa shape index (κ2) is 13.0. The van der Waals surface area contributed by atoms with Crippen molar-refractivity contribution in [3.63, 3.8) is 0 Å². The van der Waals surface area contributed by atoms with E-state index in [9.17, 15) is 9.59 Å². The Morgan fingerprint density at radius 1 is 1.18 bits per heavy atom. The molecule has 0 unspecified atom stereocenters. The first kappa shape index (κ1) is 28.1. The van der Waals surface area contributed by atoms with Gasteiger partial charge in [-0.2, -0.15) is 0 Å². The topological polar surface area (TPSA) is 125 Å². The van der Waals surface area contributed by atoms with Gasteiger partial charge in [-0.1, -0.05) is 19.1 Å². The molecule has 0 aliphatic carbocycles. The average Bonchev–Trinajstić information content (AvgIpc) is 2.77. The first-order chi connectivity index (χ1) is 15.2. The van der Waals surface area contributed by atoms with Crippen LogP contribution in [0.25, 0.3) is 0 Å². The number of amides is 2. The molecular formula is C23H36ClN7O2. The van der Waals surface area contributed by atoms with Gasteiger partial charge in [0.25, 0.3) is 5.91 Å². The van der Waals surface area contributed by atoms with Gasteiger partial charge in [-0.05, 0) is 58.4 Å². The highest BCUT2D eigenvalue weighted by atomic mass is 35.5. The molecule has 1 aromatic carbocycles. The smallest absolute Gasteiger partial charge is 0.271 e. The molecule has 10 heteroatoms. The van der Waals surface area contributed by atoms with Crippen molar-refractivity contribution in [1.29, 1.82) is 0 Å². The van der Waals surface area contributed by atoms with Crippen molar-refractivity contribution >= 4 is 41.5 Å². The number of rotatable bonds is 11. The molecule has 2 aromatic rings. The van der Waals surface area contributed by atoms with E-state index in [1.165, 1.54) is 0 Å². The zero-order valence-corrected chi connectivity index (χ0v) is 21.0. The number of hydrogen-bond acceptors (Lipinski definition) is 7. The third kappa shape index (κ3) is 7.57. The van der Waals surface area contributed by atoms with Crippen molar-refractivity contribution in [1.82, 2.24) is 20.6 Å². The fraction of sp³-hybridized carbons (Fsp3) is 0.478. The van der Waals surface area contributed by atoms with Gasteiger partial charge in [-0.3, -0.25) is 9.59 Å². The molecule has 2 rings (SSSR count). The van der Waals surface area contributed by atoms with Gasteiger partial charge in [0, 0.05) is 25.3 Å². The molecule has 182 valence electrons. The van der Waals surface area contributed by atoms with E-state index in [2.05, 4.69) is 34.8 Å². The van der Waals surface area contributed by atoms with E-state index < -0.39 is 5.91 Å². The van der Waals surface area contributed by atoms with Crippen LogP contribution in [0.4, 0.5) is 17.3 Å². The molecule has 0 radical (unpaired) electrons. The summed E-state index contributed by atoms with van der Waals surface area (Å²) in [6.07, 6.45) is 1.30. The lowest BCUT2D eigenvalue weighted by Gasteiger charge is -2.25. The van der Waals surface area contributed by atoms with Gasteiger partial charge in [0.15, 0.2) is 17.3 Å². The maximum Gasteiger partial charge on any atom is 0.271 e. The van der Waals surface area contributed by atoms with Crippen molar-refractivity contribution in [2.45, 2.75) is 52.6 Å². The van der Waals surface area contributed by atoms with Crippen LogP contribution in [-0.4, -0.2) is 54.5 Å². The lowest BCUT2D eigenvalue weighted by Crippen LogP contribution is -2.41. The second-order valence-corrected chi connectivity index (χ2v) is 7.99. The second-order valence-electron chi connectivity index (χ2n) is 7.99. The monoisotopic (exact) mass is 477 g/mol. The average molecular weight is 478 g/mol. The summed E-state index contributed by atoms with van der Waals surface area (Å²) in [6, 6.07) is 7.72. The van der Waals surface area contributed by atoms with Gasteiger partial charge in [-0.15, -0.1) is 12.4 Å². The molecular weight excluding hydrogens is 442 g/mol. The van der Waals surface area contributed by atoms with Crippen LogP contribution in [0, 0.1) is 0 Å². The number of nitrogens with zero attached hydrogens (tertiary/aromatic N) is 3. The third-order valence-electron chi connectivity index (χ3n) is 5.35. The molecule has 0 aliphatic rings. The Hall–Kier alpha value is -2.91. The molecule has 1 atom stereocenters. The fourth-order valence-corrected chi connectivity index (χ4v) is 3.04. The van der Waals surface area contributed by atoms with Crippen molar-refractivity contribution < 1.29 is 9.59 Å². The first-order valence-electron chi connectivity index (χ1n) is 10.9. The number of carbonyl (C=O) groups is 2. The number of carbonyl (C=O) groups excluding carboxylic acids is 2. The minimum absolute atomic E-state index is 0. The summed E-state index contributed by atoms with van der Waals surface area (Å²) < 4.78 is 0. The summed E-state index contributed by atoms with van der Waals surface area (Å²) >= 11 is 0.